The number of hydrogen-bond acceptors (Lipinski definition) is 3. The van der Waals surface area contributed by atoms with Crippen LogP contribution in [0.4, 0.5) is 11.4 Å². The molecule has 3 nitrogen and oxygen atoms in total. The van der Waals surface area contributed by atoms with Gasteiger partial charge in [0.25, 0.3) is 0 Å². The second kappa shape index (κ2) is 7.39. The lowest BCUT2D eigenvalue weighted by atomic mass is 10.2. The fourth-order valence-electron chi connectivity index (χ4n) is 2.14. The standard InChI is InChI=1S/C18H22N2O/c1-4-13-21-18-12-8-5-9-15(18)14-19-16-10-6-7-11-17(16)20(2)3/h4-12,19H,1,13-14H2,2-3H3. The maximum absolute atomic E-state index is 5.68. The molecule has 2 rings (SSSR count). The fourth-order valence-corrected chi connectivity index (χ4v) is 2.14. The summed E-state index contributed by atoms with van der Waals surface area (Å²) in [6.07, 6.45) is 1.76. The van der Waals surface area contributed by atoms with Gasteiger partial charge in [-0.05, 0) is 18.2 Å². The summed E-state index contributed by atoms with van der Waals surface area (Å²) >= 11 is 0. The van der Waals surface area contributed by atoms with Crippen LogP contribution in [0.15, 0.2) is 61.2 Å². The van der Waals surface area contributed by atoms with Crippen molar-refractivity contribution < 1.29 is 4.74 Å². The number of nitrogens with one attached hydrogen (secondary N) is 1. The first-order valence-electron chi connectivity index (χ1n) is 7.04. The monoisotopic (exact) mass is 282 g/mol. The van der Waals surface area contributed by atoms with Gasteiger partial charge in [0.2, 0.25) is 0 Å². The lowest BCUT2D eigenvalue weighted by Gasteiger charge is -2.19. The molecule has 0 amide bonds. The molecule has 2 aromatic carbocycles. The Hall–Kier alpha value is -2.42. The molecule has 0 spiro atoms. The van der Waals surface area contributed by atoms with E-state index in [2.05, 4.69) is 35.0 Å². The molecule has 0 saturated heterocycles. The van der Waals surface area contributed by atoms with Gasteiger partial charge in [-0.25, -0.2) is 0 Å². The van der Waals surface area contributed by atoms with E-state index in [0.29, 0.717) is 6.61 Å². The Bertz CT molecular complexity index is 593. The Kier molecular flexibility index (Phi) is 5.27. The molecule has 0 unspecified atom stereocenters. The van der Waals surface area contributed by atoms with Gasteiger partial charge in [-0.1, -0.05) is 43.0 Å². The van der Waals surface area contributed by atoms with Gasteiger partial charge in [-0.3, -0.25) is 0 Å². The lowest BCUT2D eigenvalue weighted by molar-refractivity contribution is 0.359. The zero-order valence-corrected chi connectivity index (χ0v) is 12.7. The van der Waals surface area contributed by atoms with Gasteiger partial charge in [0, 0.05) is 26.2 Å². The third-order valence-electron chi connectivity index (χ3n) is 3.18. The van der Waals surface area contributed by atoms with E-state index in [1.807, 2.05) is 44.4 Å². The van der Waals surface area contributed by atoms with Crippen LogP contribution in [0.3, 0.4) is 0 Å². The van der Waals surface area contributed by atoms with Crippen LogP contribution in [0.25, 0.3) is 0 Å². The average molecular weight is 282 g/mol. The van der Waals surface area contributed by atoms with E-state index in [-0.39, 0.29) is 0 Å². The summed E-state index contributed by atoms with van der Waals surface area (Å²) in [4.78, 5) is 2.10. The molecule has 2 aromatic rings. The van der Waals surface area contributed by atoms with Gasteiger partial charge in [-0.2, -0.15) is 0 Å². The van der Waals surface area contributed by atoms with Crippen LogP contribution in [0.5, 0.6) is 5.75 Å². The van der Waals surface area contributed by atoms with Gasteiger partial charge >= 0.3 is 0 Å². The van der Waals surface area contributed by atoms with E-state index in [0.717, 1.165) is 23.5 Å². The molecule has 110 valence electrons. The van der Waals surface area contributed by atoms with Crippen molar-refractivity contribution in [3.8, 4) is 5.75 Å². The predicted molar refractivity (Wildman–Crippen MR) is 90.2 cm³/mol. The number of hydrogen-bond donors (Lipinski definition) is 1. The molecule has 0 radical (unpaired) electrons. The van der Waals surface area contributed by atoms with Crippen molar-refractivity contribution in [3.05, 3.63) is 66.7 Å². The van der Waals surface area contributed by atoms with Crippen molar-refractivity contribution in [3.63, 3.8) is 0 Å². The minimum absolute atomic E-state index is 0.519. The van der Waals surface area contributed by atoms with E-state index < -0.39 is 0 Å². The first kappa shape index (κ1) is 15.0. The first-order valence-corrected chi connectivity index (χ1v) is 7.04. The van der Waals surface area contributed by atoms with Gasteiger partial charge in [0.15, 0.2) is 0 Å². The summed E-state index contributed by atoms with van der Waals surface area (Å²) in [6, 6.07) is 16.3. The summed E-state index contributed by atoms with van der Waals surface area (Å²) in [6.45, 7) is 4.92. The number of ether oxygens (including phenoxy) is 1. The molecule has 0 bridgehead atoms. The smallest absolute Gasteiger partial charge is 0.124 e. The largest absolute Gasteiger partial charge is 0.489 e. The first-order chi connectivity index (χ1) is 10.2. The molecule has 21 heavy (non-hydrogen) atoms. The van der Waals surface area contributed by atoms with Gasteiger partial charge < -0.3 is 15.0 Å². The van der Waals surface area contributed by atoms with E-state index in [4.69, 9.17) is 4.74 Å². The minimum atomic E-state index is 0.519. The van der Waals surface area contributed by atoms with Crippen molar-refractivity contribution in [2.75, 3.05) is 30.9 Å². The number of benzene rings is 2. The van der Waals surface area contributed by atoms with Crippen LogP contribution < -0.4 is 15.0 Å². The molecule has 0 atom stereocenters. The van der Waals surface area contributed by atoms with Crippen LogP contribution >= 0.6 is 0 Å². The van der Waals surface area contributed by atoms with Gasteiger partial charge in [0.05, 0.1) is 11.4 Å². The molecule has 0 heterocycles. The van der Waals surface area contributed by atoms with Crippen molar-refractivity contribution in [1.29, 1.82) is 0 Å². The summed E-state index contributed by atoms with van der Waals surface area (Å²) in [5.41, 5.74) is 3.41. The summed E-state index contributed by atoms with van der Waals surface area (Å²) in [5, 5.41) is 3.48. The Morgan fingerprint density at radius 1 is 1.10 bits per heavy atom. The molecular formula is C18H22N2O. The highest BCUT2D eigenvalue weighted by atomic mass is 16.5. The Morgan fingerprint density at radius 2 is 1.81 bits per heavy atom. The summed E-state index contributed by atoms with van der Waals surface area (Å²) < 4.78 is 5.68. The minimum Gasteiger partial charge on any atom is -0.489 e. The lowest BCUT2D eigenvalue weighted by Crippen LogP contribution is -2.12. The van der Waals surface area contributed by atoms with Gasteiger partial charge in [0.1, 0.15) is 12.4 Å². The molecule has 0 aliphatic rings. The van der Waals surface area contributed by atoms with Crippen LogP contribution in [-0.4, -0.2) is 20.7 Å². The van der Waals surface area contributed by atoms with Crippen LogP contribution in [0, 0.1) is 0 Å². The number of rotatable bonds is 7. The highest BCUT2D eigenvalue weighted by Crippen LogP contribution is 2.25. The average Bonchev–Trinajstić information content (AvgIpc) is 2.52. The molecule has 0 fully saturated rings. The Labute approximate surface area is 126 Å². The van der Waals surface area contributed by atoms with Crippen molar-refractivity contribution in [2.24, 2.45) is 0 Å². The normalized spacial score (nSPS) is 10.0. The van der Waals surface area contributed by atoms with E-state index in [9.17, 15) is 0 Å². The molecule has 3 heteroatoms. The predicted octanol–water partition coefficient (Wildman–Crippen LogP) is 3.93. The highest BCUT2D eigenvalue weighted by Gasteiger charge is 2.06. The van der Waals surface area contributed by atoms with Gasteiger partial charge in [-0.15, -0.1) is 0 Å². The quantitative estimate of drug-likeness (QED) is 0.779. The third-order valence-corrected chi connectivity index (χ3v) is 3.18. The third kappa shape index (κ3) is 4.02. The maximum atomic E-state index is 5.68. The second-order valence-electron chi connectivity index (χ2n) is 4.97. The van der Waals surface area contributed by atoms with Crippen LogP contribution in [0.1, 0.15) is 5.56 Å². The van der Waals surface area contributed by atoms with Crippen molar-refractivity contribution >= 4 is 11.4 Å². The Balaban J connectivity index is 2.11. The SMILES string of the molecule is C=CCOc1ccccc1CNc1ccccc1N(C)C. The molecule has 0 aliphatic heterocycles. The molecule has 0 saturated carbocycles. The zero-order valence-electron chi connectivity index (χ0n) is 12.7. The van der Waals surface area contributed by atoms with E-state index in [1.165, 1.54) is 5.69 Å². The number of para-hydroxylation sites is 3. The Morgan fingerprint density at radius 3 is 2.57 bits per heavy atom. The summed E-state index contributed by atoms with van der Waals surface area (Å²) in [7, 11) is 4.09. The molecule has 0 aromatic heterocycles. The van der Waals surface area contributed by atoms with Crippen molar-refractivity contribution in [1.82, 2.24) is 0 Å². The fraction of sp³-hybridized carbons (Fsp3) is 0.222. The number of nitrogens with zero attached hydrogens (tertiary/aromatic N) is 1. The number of anilines is 2. The van der Waals surface area contributed by atoms with Crippen LogP contribution in [0.2, 0.25) is 0 Å². The summed E-state index contributed by atoms with van der Waals surface area (Å²) in [5.74, 6) is 0.896. The van der Waals surface area contributed by atoms with Crippen molar-refractivity contribution in [2.45, 2.75) is 6.54 Å². The van der Waals surface area contributed by atoms with E-state index >= 15 is 0 Å². The topological polar surface area (TPSA) is 24.5 Å². The zero-order chi connectivity index (χ0) is 15.1. The molecular weight excluding hydrogens is 260 g/mol. The molecule has 0 aliphatic carbocycles. The van der Waals surface area contributed by atoms with Crippen LogP contribution in [-0.2, 0) is 6.54 Å². The highest BCUT2D eigenvalue weighted by molar-refractivity contribution is 5.69. The second-order valence-corrected chi connectivity index (χ2v) is 4.97. The van der Waals surface area contributed by atoms with E-state index in [1.54, 1.807) is 6.08 Å². The molecule has 1 N–H and O–H groups in total. The maximum Gasteiger partial charge on any atom is 0.124 e.